The Hall–Kier alpha value is -0.610. The number of nitrogens with two attached hydrogens (primary N) is 1. The van der Waals surface area contributed by atoms with Gasteiger partial charge in [-0.15, -0.1) is 11.3 Å². The van der Waals surface area contributed by atoms with Gasteiger partial charge in [0.2, 0.25) is 0 Å². The molecule has 20 heavy (non-hydrogen) atoms. The zero-order valence-electron chi connectivity index (χ0n) is 11.8. The summed E-state index contributed by atoms with van der Waals surface area (Å²) in [4.78, 5) is 4.66. The van der Waals surface area contributed by atoms with Gasteiger partial charge in [0.15, 0.2) is 0 Å². The molecule has 2 aromatic rings. The lowest BCUT2D eigenvalue weighted by Crippen LogP contribution is -2.15. The molecule has 0 aliphatic heterocycles. The van der Waals surface area contributed by atoms with Gasteiger partial charge in [0.1, 0.15) is 0 Å². The lowest BCUT2D eigenvalue weighted by Gasteiger charge is -2.15. The fourth-order valence-electron chi connectivity index (χ4n) is 1.85. The van der Waals surface area contributed by atoms with Gasteiger partial charge in [-0.05, 0) is 17.7 Å². The van der Waals surface area contributed by atoms with Crippen LogP contribution in [0.5, 0.6) is 0 Å². The van der Waals surface area contributed by atoms with E-state index in [1.54, 1.807) is 17.4 Å². The third kappa shape index (κ3) is 3.73. The number of thiazole rings is 1. The molecule has 1 aromatic heterocycles. The van der Waals surface area contributed by atoms with Crippen molar-refractivity contribution in [1.29, 1.82) is 0 Å². The van der Waals surface area contributed by atoms with Crippen molar-refractivity contribution in [3.05, 3.63) is 49.9 Å². The molecule has 108 valence electrons. The highest BCUT2D eigenvalue weighted by Gasteiger charge is 2.19. The van der Waals surface area contributed by atoms with Gasteiger partial charge in [-0.2, -0.15) is 0 Å². The number of benzene rings is 1. The monoisotopic (exact) mass is 328 g/mol. The molecule has 0 saturated carbocycles. The highest BCUT2D eigenvalue weighted by molar-refractivity contribution is 7.09. The van der Waals surface area contributed by atoms with E-state index in [4.69, 9.17) is 28.9 Å². The van der Waals surface area contributed by atoms with Crippen LogP contribution in [0.4, 0.5) is 0 Å². The van der Waals surface area contributed by atoms with Crippen molar-refractivity contribution in [3.8, 4) is 0 Å². The maximum absolute atomic E-state index is 6.24. The first-order chi connectivity index (χ1) is 9.27. The average Bonchev–Trinajstić information content (AvgIpc) is 2.76. The average molecular weight is 329 g/mol. The van der Waals surface area contributed by atoms with E-state index in [-0.39, 0.29) is 11.5 Å². The zero-order chi connectivity index (χ0) is 14.9. The van der Waals surface area contributed by atoms with Gasteiger partial charge in [0.25, 0.3) is 0 Å². The summed E-state index contributed by atoms with van der Waals surface area (Å²) in [7, 11) is 0. The van der Waals surface area contributed by atoms with Gasteiger partial charge in [0, 0.05) is 33.3 Å². The summed E-state index contributed by atoms with van der Waals surface area (Å²) in [6.07, 6.45) is 0.683. The fraction of sp³-hybridized carbons (Fsp3) is 0.400. The van der Waals surface area contributed by atoms with Crippen molar-refractivity contribution in [1.82, 2.24) is 4.98 Å². The van der Waals surface area contributed by atoms with Crippen molar-refractivity contribution < 1.29 is 0 Å². The molecule has 0 amide bonds. The highest BCUT2D eigenvalue weighted by atomic mass is 35.5. The van der Waals surface area contributed by atoms with E-state index >= 15 is 0 Å². The molecule has 2 N–H and O–H groups in total. The van der Waals surface area contributed by atoms with E-state index in [1.165, 1.54) is 0 Å². The quantitative estimate of drug-likeness (QED) is 0.861. The van der Waals surface area contributed by atoms with E-state index < -0.39 is 0 Å². The molecule has 0 aliphatic rings. The Kier molecular flexibility index (Phi) is 4.75. The van der Waals surface area contributed by atoms with Crippen LogP contribution in [-0.2, 0) is 11.8 Å². The molecule has 1 heterocycles. The number of aromatic nitrogens is 1. The SMILES string of the molecule is CC(C)(C)c1csc(CC(N)c2ccc(Cl)cc2Cl)n1. The molecule has 2 rings (SSSR count). The largest absolute Gasteiger partial charge is 0.324 e. The summed E-state index contributed by atoms with van der Waals surface area (Å²) in [5.41, 5.74) is 8.31. The van der Waals surface area contributed by atoms with E-state index in [0.717, 1.165) is 16.3 Å². The lowest BCUT2D eigenvalue weighted by molar-refractivity contribution is 0.569. The number of nitrogens with zero attached hydrogens (tertiary/aromatic N) is 1. The Balaban J connectivity index is 2.15. The predicted octanol–water partition coefficient (Wildman–Crippen LogP) is 4.99. The van der Waals surface area contributed by atoms with Crippen LogP contribution < -0.4 is 5.73 Å². The Morgan fingerprint density at radius 1 is 1.30 bits per heavy atom. The second-order valence-corrected chi connectivity index (χ2v) is 7.64. The molecule has 1 atom stereocenters. The first-order valence-corrected chi connectivity index (χ1v) is 8.06. The lowest BCUT2D eigenvalue weighted by atomic mass is 9.93. The summed E-state index contributed by atoms with van der Waals surface area (Å²) in [6.45, 7) is 6.46. The van der Waals surface area contributed by atoms with Crippen molar-refractivity contribution in [2.75, 3.05) is 0 Å². The van der Waals surface area contributed by atoms with Gasteiger partial charge in [-0.1, -0.05) is 50.0 Å². The van der Waals surface area contributed by atoms with Crippen molar-refractivity contribution >= 4 is 34.5 Å². The highest BCUT2D eigenvalue weighted by Crippen LogP contribution is 2.29. The van der Waals surface area contributed by atoms with Crippen LogP contribution in [0.25, 0.3) is 0 Å². The van der Waals surface area contributed by atoms with Crippen LogP contribution in [0.2, 0.25) is 10.0 Å². The van der Waals surface area contributed by atoms with Crippen LogP contribution >= 0.6 is 34.5 Å². The maximum Gasteiger partial charge on any atom is 0.0947 e. The molecule has 1 aromatic carbocycles. The number of rotatable bonds is 3. The van der Waals surface area contributed by atoms with E-state index in [1.807, 2.05) is 12.1 Å². The van der Waals surface area contributed by atoms with Crippen LogP contribution in [-0.4, -0.2) is 4.98 Å². The summed E-state index contributed by atoms with van der Waals surface area (Å²) in [6, 6.07) is 5.25. The zero-order valence-corrected chi connectivity index (χ0v) is 14.1. The summed E-state index contributed by atoms with van der Waals surface area (Å²) < 4.78 is 0. The van der Waals surface area contributed by atoms with Gasteiger partial charge in [-0.25, -0.2) is 4.98 Å². The summed E-state index contributed by atoms with van der Waals surface area (Å²) in [5, 5.41) is 4.37. The second-order valence-electron chi connectivity index (χ2n) is 5.85. The van der Waals surface area contributed by atoms with Crippen LogP contribution in [0.3, 0.4) is 0 Å². The van der Waals surface area contributed by atoms with Gasteiger partial charge in [-0.3, -0.25) is 0 Å². The third-order valence-corrected chi connectivity index (χ3v) is 4.51. The summed E-state index contributed by atoms with van der Waals surface area (Å²) >= 11 is 13.7. The molecule has 0 aliphatic carbocycles. The van der Waals surface area contributed by atoms with E-state index in [9.17, 15) is 0 Å². The first kappa shape index (κ1) is 15.8. The minimum absolute atomic E-state index is 0.0662. The molecule has 0 radical (unpaired) electrons. The standard InChI is InChI=1S/C15H18Cl2N2S/c1-15(2,3)13-8-20-14(19-13)7-12(18)10-5-4-9(16)6-11(10)17/h4-6,8,12H,7,18H2,1-3H3. The predicted molar refractivity (Wildman–Crippen MR) is 87.9 cm³/mol. The topological polar surface area (TPSA) is 38.9 Å². The van der Waals surface area contributed by atoms with Crippen molar-refractivity contribution in [3.63, 3.8) is 0 Å². The number of halogens is 2. The smallest absolute Gasteiger partial charge is 0.0947 e. The number of hydrogen-bond donors (Lipinski definition) is 1. The molecular formula is C15H18Cl2N2S. The van der Waals surface area contributed by atoms with Crippen molar-refractivity contribution in [2.24, 2.45) is 5.73 Å². The van der Waals surface area contributed by atoms with E-state index in [0.29, 0.717) is 16.5 Å². The molecule has 0 spiro atoms. The molecule has 0 saturated heterocycles. The molecule has 0 bridgehead atoms. The van der Waals surface area contributed by atoms with Gasteiger partial charge >= 0.3 is 0 Å². The van der Waals surface area contributed by atoms with Gasteiger partial charge in [0.05, 0.1) is 10.7 Å². The van der Waals surface area contributed by atoms with Crippen LogP contribution in [0.1, 0.15) is 43.1 Å². The molecule has 0 fully saturated rings. The van der Waals surface area contributed by atoms with Crippen LogP contribution in [0, 0.1) is 0 Å². The fourth-order valence-corrected chi connectivity index (χ4v) is 3.48. The maximum atomic E-state index is 6.24. The normalized spacial score (nSPS) is 13.5. The molecule has 1 unspecified atom stereocenters. The Bertz CT molecular complexity index is 602. The van der Waals surface area contributed by atoms with Gasteiger partial charge < -0.3 is 5.73 Å². The molecular weight excluding hydrogens is 311 g/mol. The molecule has 2 nitrogen and oxygen atoms in total. The minimum Gasteiger partial charge on any atom is -0.324 e. The second kappa shape index (κ2) is 6.02. The Morgan fingerprint density at radius 2 is 2.00 bits per heavy atom. The Labute approximate surface area is 133 Å². The number of hydrogen-bond acceptors (Lipinski definition) is 3. The van der Waals surface area contributed by atoms with Crippen LogP contribution in [0.15, 0.2) is 23.6 Å². The minimum atomic E-state index is -0.168. The molecule has 5 heteroatoms. The Morgan fingerprint density at radius 3 is 2.55 bits per heavy atom. The third-order valence-electron chi connectivity index (χ3n) is 3.08. The summed E-state index contributed by atoms with van der Waals surface area (Å²) in [5.74, 6) is 0. The van der Waals surface area contributed by atoms with E-state index in [2.05, 4.69) is 31.1 Å². The van der Waals surface area contributed by atoms with Crippen molar-refractivity contribution in [2.45, 2.75) is 38.6 Å². The first-order valence-electron chi connectivity index (χ1n) is 6.43.